The van der Waals surface area contributed by atoms with E-state index in [-0.39, 0.29) is 17.4 Å². The zero-order valence-electron chi connectivity index (χ0n) is 16.1. The molecule has 154 valence electrons. The van der Waals surface area contributed by atoms with Crippen molar-refractivity contribution in [3.05, 3.63) is 64.4 Å². The van der Waals surface area contributed by atoms with Crippen molar-refractivity contribution in [1.82, 2.24) is 0 Å². The summed E-state index contributed by atoms with van der Waals surface area (Å²) in [6.45, 7) is 3.53. The highest BCUT2D eigenvalue weighted by atomic mass is 35.5. The van der Waals surface area contributed by atoms with E-state index >= 15 is 0 Å². The van der Waals surface area contributed by atoms with Crippen LogP contribution < -0.4 is 0 Å². The third-order valence-electron chi connectivity index (χ3n) is 5.56. The van der Waals surface area contributed by atoms with E-state index in [1.165, 1.54) is 6.07 Å². The number of hydrogen-bond acceptors (Lipinski definition) is 2. The van der Waals surface area contributed by atoms with Crippen LogP contribution in [0.4, 0.5) is 13.2 Å². The van der Waals surface area contributed by atoms with Crippen molar-refractivity contribution in [2.45, 2.75) is 32.5 Å². The second-order valence-corrected chi connectivity index (χ2v) is 8.23. The second-order valence-electron chi connectivity index (χ2n) is 7.85. The summed E-state index contributed by atoms with van der Waals surface area (Å²) in [5, 5.41) is -0.590. The summed E-state index contributed by atoms with van der Waals surface area (Å²) in [6.07, 6.45) is 4.45. The van der Waals surface area contributed by atoms with E-state index in [2.05, 4.69) is 13.0 Å². The SMILES string of the molecule is CC1COC(C2CC=C(c3ccc(-c4cc(F)c(Cl)c(F)c4)c(F)c3)CC2)OC1. The summed E-state index contributed by atoms with van der Waals surface area (Å²) in [4.78, 5) is 0. The van der Waals surface area contributed by atoms with Gasteiger partial charge in [0.05, 0.1) is 13.2 Å². The Kier molecular flexibility index (Phi) is 6.00. The van der Waals surface area contributed by atoms with Crippen LogP contribution in [0.25, 0.3) is 16.7 Å². The summed E-state index contributed by atoms with van der Waals surface area (Å²) >= 11 is 5.51. The second kappa shape index (κ2) is 8.50. The molecule has 2 aliphatic rings. The number of hydrogen-bond donors (Lipinski definition) is 0. The summed E-state index contributed by atoms with van der Waals surface area (Å²) in [5.74, 6) is -1.62. The Morgan fingerprint density at radius 3 is 2.17 bits per heavy atom. The fourth-order valence-electron chi connectivity index (χ4n) is 3.91. The maximum Gasteiger partial charge on any atom is 0.160 e. The normalized spacial score (nSPS) is 25.0. The third kappa shape index (κ3) is 4.37. The van der Waals surface area contributed by atoms with Gasteiger partial charge in [0.1, 0.15) is 22.5 Å². The molecule has 1 heterocycles. The van der Waals surface area contributed by atoms with Gasteiger partial charge in [0.25, 0.3) is 0 Å². The van der Waals surface area contributed by atoms with Crippen LogP contribution in [-0.4, -0.2) is 19.5 Å². The van der Waals surface area contributed by atoms with E-state index in [0.717, 1.165) is 55.7 Å². The Morgan fingerprint density at radius 1 is 0.931 bits per heavy atom. The van der Waals surface area contributed by atoms with E-state index in [9.17, 15) is 13.2 Å². The van der Waals surface area contributed by atoms with Gasteiger partial charge in [-0.15, -0.1) is 0 Å². The lowest BCUT2D eigenvalue weighted by Crippen LogP contribution is -2.36. The molecule has 1 fully saturated rings. The average molecular weight is 423 g/mol. The molecule has 2 aromatic carbocycles. The van der Waals surface area contributed by atoms with E-state index in [0.29, 0.717) is 11.8 Å². The molecule has 0 aromatic heterocycles. The molecule has 1 saturated heterocycles. The van der Waals surface area contributed by atoms with Crippen LogP contribution in [0, 0.1) is 29.3 Å². The van der Waals surface area contributed by atoms with Crippen LogP contribution >= 0.6 is 11.6 Å². The minimum absolute atomic E-state index is 0.118. The molecule has 6 heteroatoms. The number of rotatable bonds is 3. The fraction of sp³-hybridized carbons (Fsp3) is 0.391. The zero-order chi connectivity index (χ0) is 20.5. The molecule has 0 bridgehead atoms. The molecule has 0 saturated carbocycles. The largest absolute Gasteiger partial charge is 0.352 e. The molecule has 0 N–H and O–H groups in total. The van der Waals surface area contributed by atoms with Gasteiger partial charge in [-0.3, -0.25) is 0 Å². The predicted molar refractivity (Wildman–Crippen MR) is 107 cm³/mol. The molecule has 0 radical (unpaired) electrons. The molecule has 1 aliphatic carbocycles. The van der Waals surface area contributed by atoms with Gasteiger partial charge in [0, 0.05) is 17.4 Å². The van der Waals surface area contributed by atoms with E-state index < -0.39 is 22.5 Å². The first-order chi connectivity index (χ1) is 13.9. The average Bonchev–Trinajstić information content (AvgIpc) is 2.72. The number of benzene rings is 2. The van der Waals surface area contributed by atoms with E-state index in [4.69, 9.17) is 21.1 Å². The summed E-state index contributed by atoms with van der Waals surface area (Å²) in [6, 6.07) is 6.83. The van der Waals surface area contributed by atoms with Crippen LogP contribution in [0.3, 0.4) is 0 Å². The molecule has 1 unspecified atom stereocenters. The molecular formula is C23H22ClF3O2. The number of halogens is 4. The quantitative estimate of drug-likeness (QED) is 0.518. The Labute approximate surface area is 173 Å². The maximum atomic E-state index is 14.7. The highest BCUT2D eigenvalue weighted by Crippen LogP contribution is 2.36. The first-order valence-corrected chi connectivity index (χ1v) is 10.2. The smallest absolute Gasteiger partial charge is 0.160 e. The first-order valence-electron chi connectivity index (χ1n) is 9.79. The van der Waals surface area contributed by atoms with Gasteiger partial charge in [-0.1, -0.05) is 36.7 Å². The molecule has 1 atom stereocenters. The van der Waals surface area contributed by atoms with Crippen LogP contribution in [0.5, 0.6) is 0 Å². The molecular weight excluding hydrogens is 401 g/mol. The minimum Gasteiger partial charge on any atom is -0.352 e. The van der Waals surface area contributed by atoms with Gasteiger partial charge in [0.2, 0.25) is 0 Å². The van der Waals surface area contributed by atoms with Crippen LogP contribution in [-0.2, 0) is 9.47 Å². The van der Waals surface area contributed by atoms with Gasteiger partial charge in [-0.2, -0.15) is 0 Å². The molecule has 2 nitrogen and oxygen atoms in total. The van der Waals surface area contributed by atoms with Crippen molar-refractivity contribution < 1.29 is 22.6 Å². The summed E-state index contributed by atoms with van der Waals surface area (Å²) in [7, 11) is 0. The van der Waals surface area contributed by atoms with Gasteiger partial charge in [-0.25, -0.2) is 13.2 Å². The monoisotopic (exact) mass is 422 g/mol. The lowest BCUT2D eigenvalue weighted by atomic mass is 9.85. The maximum absolute atomic E-state index is 14.7. The molecule has 29 heavy (non-hydrogen) atoms. The first kappa shape index (κ1) is 20.5. The van der Waals surface area contributed by atoms with Crippen molar-refractivity contribution in [3.63, 3.8) is 0 Å². The Morgan fingerprint density at radius 2 is 1.59 bits per heavy atom. The Bertz CT molecular complexity index is 913. The molecule has 0 amide bonds. The summed E-state index contributed by atoms with van der Waals surface area (Å²) < 4.78 is 53.7. The van der Waals surface area contributed by atoms with Crippen LogP contribution in [0.1, 0.15) is 31.7 Å². The predicted octanol–water partition coefficient (Wildman–Crippen LogP) is 6.62. The van der Waals surface area contributed by atoms with Crippen molar-refractivity contribution in [2.24, 2.45) is 11.8 Å². The Balaban J connectivity index is 1.50. The highest BCUT2D eigenvalue weighted by Gasteiger charge is 2.29. The zero-order valence-corrected chi connectivity index (χ0v) is 16.8. The highest BCUT2D eigenvalue weighted by molar-refractivity contribution is 6.31. The van der Waals surface area contributed by atoms with Crippen molar-refractivity contribution in [2.75, 3.05) is 13.2 Å². The van der Waals surface area contributed by atoms with Gasteiger partial charge in [-0.05, 0) is 54.2 Å². The van der Waals surface area contributed by atoms with Crippen LogP contribution in [0.2, 0.25) is 5.02 Å². The fourth-order valence-corrected chi connectivity index (χ4v) is 4.02. The lowest BCUT2D eigenvalue weighted by Gasteiger charge is -2.34. The van der Waals surface area contributed by atoms with Crippen molar-refractivity contribution in [1.29, 1.82) is 0 Å². The molecule has 2 aromatic rings. The number of allylic oxidation sites excluding steroid dienone is 2. The van der Waals surface area contributed by atoms with Crippen molar-refractivity contribution in [3.8, 4) is 11.1 Å². The van der Waals surface area contributed by atoms with Crippen molar-refractivity contribution >= 4 is 17.2 Å². The van der Waals surface area contributed by atoms with Gasteiger partial charge < -0.3 is 9.47 Å². The molecule has 1 aliphatic heterocycles. The van der Waals surface area contributed by atoms with E-state index in [1.54, 1.807) is 12.1 Å². The molecule has 4 rings (SSSR count). The molecule has 0 spiro atoms. The van der Waals surface area contributed by atoms with Crippen LogP contribution in [0.15, 0.2) is 36.4 Å². The minimum atomic E-state index is -0.910. The summed E-state index contributed by atoms with van der Waals surface area (Å²) in [5.41, 5.74) is 2.09. The number of ether oxygens (including phenoxy) is 2. The van der Waals surface area contributed by atoms with Gasteiger partial charge >= 0.3 is 0 Å². The lowest BCUT2D eigenvalue weighted by molar-refractivity contribution is -0.222. The van der Waals surface area contributed by atoms with Gasteiger partial charge in [0.15, 0.2) is 6.29 Å². The third-order valence-corrected chi connectivity index (χ3v) is 5.92. The topological polar surface area (TPSA) is 18.5 Å². The van der Waals surface area contributed by atoms with E-state index in [1.807, 2.05) is 0 Å². The standard InChI is InChI=1S/C23H22ClF3O2/c1-13-11-28-23(29-12-13)15-4-2-14(3-5-15)16-6-7-18(19(25)8-16)17-9-20(26)22(24)21(27)10-17/h2,6-10,13,15,23H,3-5,11-12H2,1H3. The Hall–Kier alpha value is -1.82.